The van der Waals surface area contributed by atoms with Gasteiger partial charge in [-0.15, -0.1) is 0 Å². The molecule has 280 valence electrons. The molecule has 16 heteroatoms. The molecule has 4 saturated heterocycles. The number of urea groups is 1. The van der Waals surface area contributed by atoms with Crippen molar-refractivity contribution in [3.05, 3.63) is 56.5 Å². The van der Waals surface area contributed by atoms with E-state index in [-0.39, 0.29) is 36.8 Å². The van der Waals surface area contributed by atoms with Crippen LogP contribution in [0.1, 0.15) is 56.1 Å². The van der Waals surface area contributed by atoms with Gasteiger partial charge in [-0.2, -0.15) is 0 Å². The van der Waals surface area contributed by atoms with Crippen LogP contribution in [-0.2, 0) is 32.0 Å². The molecule has 0 saturated carbocycles. The summed E-state index contributed by atoms with van der Waals surface area (Å²) in [6, 6.07) is 10.5. The van der Waals surface area contributed by atoms with Crippen LogP contribution in [-0.4, -0.2) is 123 Å². The van der Waals surface area contributed by atoms with Crippen molar-refractivity contribution >= 4 is 67.5 Å². The molecule has 4 fully saturated rings. The highest BCUT2D eigenvalue weighted by atomic mass is 79.9. The van der Waals surface area contributed by atoms with Gasteiger partial charge in [0.2, 0.25) is 0 Å². The average molecular weight is 851 g/mol. The maximum atomic E-state index is 13.7. The molecule has 0 spiro atoms. The second-order valence-electron chi connectivity index (χ2n) is 14.1. The molecule has 5 N–H and O–H groups in total. The molecule has 5 atom stereocenters. The van der Waals surface area contributed by atoms with Gasteiger partial charge in [0, 0.05) is 50.7 Å². The van der Waals surface area contributed by atoms with Crippen LogP contribution in [0, 0.1) is 0 Å². The van der Waals surface area contributed by atoms with Gasteiger partial charge in [0.25, 0.3) is 5.91 Å². The molecule has 14 nitrogen and oxygen atoms in total. The summed E-state index contributed by atoms with van der Waals surface area (Å²) in [5, 5.41) is 31.4. The highest BCUT2D eigenvalue weighted by Gasteiger charge is 2.53. The lowest BCUT2D eigenvalue weighted by atomic mass is 9.83. The number of carboxylic acid groups (broad SMARTS) is 2. The number of para-hydroxylation sites is 1. The smallest absolute Gasteiger partial charge is 0.410 e. The maximum Gasteiger partial charge on any atom is 0.410 e. The number of carboxylic acids is 2. The molecular formula is C36H44Br2N5O9+. The zero-order chi connectivity index (χ0) is 37.1. The lowest BCUT2D eigenvalue weighted by Crippen LogP contribution is -3.32. The van der Waals surface area contributed by atoms with E-state index in [4.69, 9.17) is 9.84 Å². The summed E-state index contributed by atoms with van der Waals surface area (Å²) in [5.74, 6) is -2.26. The van der Waals surface area contributed by atoms with Crippen LogP contribution < -0.4 is 10.2 Å². The Morgan fingerprint density at radius 2 is 1.65 bits per heavy atom. The number of hydrogen-bond donors (Lipinski definition) is 5. The summed E-state index contributed by atoms with van der Waals surface area (Å²) >= 11 is 6.59. The second-order valence-corrected chi connectivity index (χ2v) is 15.8. The Balaban J connectivity index is 0.000000444. The zero-order valence-electron chi connectivity index (χ0n) is 28.6. The molecule has 2 aromatic rings. The van der Waals surface area contributed by atoms with Crippen LogP contribution in [0.3, 0.4) is 0 Å². The Bertz CT molecular complexity index is 1680. The number of carbonyl (C=O) groups excluding carboxylic acids is 3. The lowest BCUT2D eigenvalue weighted by Gasteiger charge is -2.49. The minimum Gasteiger partial charge on any atom is -0.506 e. The number of quaternary nitrogens is 1. The monoisotopic (exact) mass is 848 g/mol. The molecule has 4 unspecified atom stereocenters. The standard InChI is InChI=1S/C30H34Br2N4O7.C6H9NO2/c31-21-15-18(16-22(32)26(21)37)17-25(27(38)36-11-4-3-7-24(36)28(39)40)43-30(42)34-12-9-20(10-13-34)35-14-8-19-5-1-2-6-23(19)33-29(35)41;8-6(9)5-3-4-1-2-7(4)5/h1-2,5-6,15-16,20,24-25,37H,3-4,7-14,17H2,(H,33,41)(H,39,40);4-5H,1-3H2,(H,8,9)/p+1/t24?,25-;/m1./s1. The number of aromatic hydroxyl groups is 1. The van der Waals surface area contributed by atoms with Gasteiger partial charge >= 0.3 is 24.1 Å². The van der Waals surface area contributed by atoms with Crippen LogP contribution in [0.2, 0.25) is 0 Å². The van der Waals surface area contributed by atoms with E-state index in [1.807, 2.05) is 29.2 Å². The van der Waals surface area contributed by atoms with Gasteiger partial charge in [0.05, 0.1) is 28.0 Å². The summed E-state index contributed by atoms with van der Waals surface area (Å²) in [7, 11) is 0. The van der Waals surface area contributed by atoms with Crippen molar-refractivity contribution < 1.29 is 48.9 Å². The third-order valence-electron chi connectivity index (χ3n) is 11.0. The largest absolute Gasteiger partial charge is 0.506 e. The number of nitrogens with one attached hydrogen (secondary N) is 2. The molecule has 4 amide bonds. The van der Waals surface area contributed by atoms with Crippen molar-refractivity contribution in [2.24, 2.45) is 0 Å². The normalized spacial score (nSPS) is 24.7. The van der Waals surface area contributed by atoms with E-state index in [2.05, 4.69) is 37.2 Å². The first-order valence-corrected chi connectivity index (χ1v) is 19.4. The van der Waals surface area contributed by atoms with Crippen molar-refractivity contribution in [2.75, 3.05) is 38.0 Å². The fraction of sp³-hybridized carbons (Fsp3) is 0.528. The molecule has 0 aliphatic carbocycles. The number of hydrogen-bond acceptors (Lipinski definition) is 7. The number of nitrogens with zero attached hydrogens (tertiary/aromatic N) is 3. The zero-order valence-corrected chi connectivity index (χ0v) is 31.8. The van der Waals surface area contributed by atoms with E-state index in [9.17, 15) is 34.2 Å². The van der Waals surface area contributed by atoms with Crippen molar-refractivity contribution in [2.45, 2.75) is 88.1 Å². The van der Waals surface area contributed by atoms with Crippen LogP contribution in [0.15, 0.2) is 45.3 Å². The summed E-state index contributed by atoms with van der Waals surface area (Å²) in [5.41, 5.74) is 2.51. The summed E-state index contributed by atoms with van der Waals surface area (Å²) in [4.78, 5) is 68.4. The molecule has 7 rings (SSSR count). The molecule has 5 heterocycles. The van der Waals surface area contributed by atoms with E-state index in [1.165, 1.54) is 21.1 Å². The predicted molar refractivity (Wildman–Crippen MR) is 195 cm³/mol. The Labute approximate surface area is 318 Å². The number of halogens is 2. The Morgan fingerprint density at radius 1 is 0.942 bits per heavy atom. The van der Waals surface area contributed by atoms with Crippen LogP contribution in [0.4, 0.5) is 15.3 Å². The fourth-order valence-electron chi connectivity index (χ4n) is 7.84. The average Bonchev–Trinajstić information content (AvgIpc) is 3.29. The summed E-state index contributed by atoms with van der Waals surface area (Å²) in [6.45, 7) is 2.62. The van der Waals surface area contributed by atoms with Gasteiger partial charge in [0.1, 0.15) is 11.8 Å². The third-order valence-corrected chi connectivity index (χ3v) is 12.2. The summed E-state index contributed by atoms with van der Waals surface area (Å²) in [6.07, 6.45) is 3.78. The molecular weight excluding hydrogens is 806 g/mol. The SMILES string of the molecule is O=C(O)C1CC2CC[NH+]21.O=C(O)C1CCCCN1C(=O)[C@@H](Cc1cc(Br)c(O)c(Br)c1)OC(=O)N1CCC(N2CCc3ccccc3NC2=O)CC1. The minimum atomic E-state index is -1.26. The molecule has 0 bridgehead atoms. The van der Waals surface area contributed by atoms with Gasteiger partial charge < -0.3 is 45.0 Å². The van der Waals surface area contributed by atoms with Crippen molar-refractivity contribution in [1.29, 1.82) is 0 Å². The number of piperidine rings is 3. The highest BCUT2D eigenvalue weighted by Crippen LogP contribution is 2.34. The van der Waals surface area contributed by atoms with Crippen LogP contribution in [0.25, 0.3) is 0 Å². The number of likely N-dealkylation sites (tertiary alicyclic amines) is 2. The van der Waals surface area contributed by atoms with Gasteiger partial charge in [-0.1, -0.05) is 18.2 Å². The van der Waals surface area contributed by atoms with E-state index in [1.54, 1.807) is 12.1 Å². The predicted octanol–water partition coefficient (Wildman–Crippen LogP) is 3.49. The highest BCUT2D eigenvalue weighted by molar-refractivity contribution is 9.11. The topological polar surface area (TPSA) is 181 Å². The number of rotatable bonds is 7. The number of carbonyl (C=O) groups is 5. The first kappa shape index (κ1) is 37.9. The molecule has 5 aliphatic rings. The first-order valence-electron chi connectivity index (χ1n) is 17.8. The number of benzene rings is 2. The quantitative estimate of drug-likeness (QED) is 0.279. The van der Waals surface area contributed by atoms with E-state index < -0.39 is 36.1 Å². The van der Waals surface area contributed by atoms with Crippen molar-refractivity contribution in [1.82, 2.24) is 14.7 Å². The fourth-order valence-corrected chi connectivity index (χ4v) is 9.12. The Morgan fingerprint density at radius 3 is 2.25 bits per heavy atom. The van der Waals surface area contributed by atoms with Crippen molar-refractivity contribution in [3.8, 4) is 5.75 Å². The molecule has 5 aliphatic heterocycles. The van der Waals surface area contributed by atoms with E-state index >= 15 is 0 Å². The van der Waals surface area contributed by atoms with Gasteiger partial charge in [-0.05, 0) is 99.7 Å². The van der Waals surface area contributed by atoms with Crippen LogP contribution >= 0.6 is 31.9 Å². The Kier molecular flexibility index (Phi) is 12.0. The lowest BCUT2D eigenvalue weighted by molar-refractivity contribution is -1.02. The third kappa shape index (κ3) is 8.33. The Hall–Kier alpha value is -3.89. The second kappa shape index (κ2) is 16.4. The van der Waals surface area contributed by atoms with Crippen LogP contribution in [0.5, 0.6) is 5.75 Å². The maximum absolute atomic E-state index is 13.7. The van der Waals surface area contributed by atoms with Gasteiger partial charge in [-0.3, -0.25) is 4.79 Å². The molecule has 52 heavy (non-hydrogen) atoms. The van der Waals surface area contributed by atoms with E-state index in [0.717, 1.165) is 30.6 Å². The number of ether oxygens (including phenoxy) is 1. The molecule has 0 radical (unpaired) electrons. The van der Waals surface area contributed by atoms with Gasteiger partial charge in [-0.25, -0.2) is 19.2 Å². The number of aliphatic carboxylic acids is 2. The number of amides is 4. The number of anilines is 1. The minimum absolute atomic E-state index is 0.00410. The number of fused-ring (bicyclic) bond motifs is 2. The van der Waals surface area contributed by atoms with Crippen molar-refractivity contribution in [3.63, 3.8) is 0 Å². The molecule has 2 aromatic carbocycles. The summed E-state index contributed by atoms with van der Waals surface area (Å²) < 4.78 is 6.63. The number of phenolic OH excluding ortho intramolecular Hbond substituents is 1. The molecule has 0 aromatic heterocycles. The van der Waals surface area contributed by atoms with Gasteiger partial charge in [0.15, 0.2) is 12.1 Å². The first-order chi connectivity index (χ1) is 24.9. The number of phenols is 1. The van der Waals surface area contributed by atoms with E-state index in [0.29, 0.717) is 72.3 Å².